The lowest BCUT2D eigenvalue weighted by atomic mass is 10.0. The van der Waals surface area contributed by atoms with Crippen LogP contribution in [0.2, 0.25) is 0 Å². The van der Waals surface area contributed by atoms with Gasteiger partial charge >= 0.3 is 0 Å². The minimum Gasteiger partial charge on any atom is -0.387 e. The Hall–Kier alpha value is -0.420. The summed E-state index contributed by atoms with van der Waals surface area (Å²) < 4.78 is 5.15. The van der Waals surface area contributed by atoms with Crippen molar-refractivity contribution in [1.82, 2.24) is 5.32 Å². The first kappa shape index (κ1) is 13.6. The summed E-state index contributed by atoms with van der Waals surface area (Å²) in [6, 6.07) is 2.25. The molecule has 2 atom stereocenters. The highest BCUT2D eigenvalue weighted by molar-refractivity contribution is 7.07. The average Bonchev–Trinajstić information content (AvgIpc) is 2.76. The molecule has 2 unspecified atom stereocenters. The predicted octanol–water partition coefficient (Wildman–Crippen LogP) is 2.04. The lowest BCUT2D eigenvalue weighted by molar-refractivity contribution is 0.124. The largest absolute Gasteiger partial charge is 0.387 e. The molecule has 0 amide bonds. The molecule has 0 bridgehead atoms. The summed E-state index contributed by atoms with van der Waals surface area (Å²) in [5.41, 5.74) is 0.984. The number of methoxy groups -OCH3 is 1. The minimum atomic E-state index is -0.427. The van der Waals surface area contributed by atoms with Crippen molar-refractivity contribution in [3.05, 3.63) is 22.4 Å². The Morgan fingerprint density at radius 1 is 1.50 bits per heavy atom. The maximum Gasteiger partial charge on any atom is 0.0922 e. The Morgan fingerprint density at radius 3 is 2.75 bits per heavy atom. The van der Waals surface area contributed by atoms with E-state index in [2.05, 4.69) is 19.2 Å². The van der Waals surface area contributed by atoms with Crippen LogP contribution in [0.4, 0.5) is 0 Å². The van der Waals surface area contributed by atoms with E-state index >= 15 is 0 Å². The van der Waals surface area contributed by atoms with Crippen molar-refractivity contribution >= 4 is 11.3 Å². The number of hydrogen-bond donors (Lipinski definition) is 2. The molecular formula is C12H21NO2S. The van der Waals surface area contributed by atoms with E-state index in [-0.39, 0.29) is 0 Å². The van der Waals surface area contributed by atoms with Crippen molar-refractivity contribution in [3.8, 4) is 0 Å². The zero-order valence-electron chi connectivity index (χ0n) is 10.1. The standard InChI is InChI=1S/C12H21NO2S/c1-9(2)11(7-15-3)13-6-12(14)10-4-5-16-8-10/h4-5,8-9,11-14H,6-7H2,1-3H3. The van der Waals surface area contributed by atoms with Gasteiger partial charge in [-0.2, -0.15) is 11.3 Å². The van der Waals surface area contributed by atoms with Crippen molar-refractivity contribution in [2.24, 2.45) is 5.92 Å². The Bertz CT molecular complexity index is 275. The summed E-state index contributed by atoms with van der Waals surface area (Å²) in [7, 11) is 1.70. The van der Waals surface area contributed by atoms with Gasteiger partial charge in [-0.1, -0.05) is 13.8 Å². The smallest absolute Gasteiger partial charge is 0.0922 e. The Morgan fingerprint density at radius 2 is 2.25 bits per heavy atom. The molecule has 0 fully saturated rings. The SMILES string of the molecule is COCC(NCC(O)c1ccsc1)C(C)C. The number of hydrogen-bond acceptors (Lipinski definition) is 4. The number of aliphatic hydroxyl groups is 1. The summed E-state index contributed by atoms with van der Waals surface area (Å²) in [6.45, 7) is 5.54. The second kappa shape index (κ2) is 7.01. The molecule has 2 N–H and O–H groups in total. The van der Waals surface area contributed by atoms with Crippen LogP contribution in [0, 0.1) is 5.92 Å². The molecule has 0 spiro atoms. The van der Waals surface area contributed by atoms with Crippen LogP contribution < -0.4 is 5.32 Å². The second-order valence-corrected chi connectivity index (χ2v) is 5.07. The molecule has 0 radical (unpaired) electrons. The highest BCUT2D eigenvalue weighted by Gasteiger charge is 2.15. The van der Waals surface area contributed by atoms with Crippen LogP contribution >= 0.6 is 11.3 Å². The van der Waals surface area contributed by atoms with Gasteiger partial charge in [0.15, 0.2) is 0 Å². The molecule has 4 heteroatoms. The number of aliphatic hydroxyl groups excluding tert-OH is 1. The van der Waals surface area contributed by atoms with Gasteiger partial charge in [-0.05, 0) is 28.3 Å². The maximum atomic E-state index is 9.91. The minimum absolute atomic E-state index is 0.290. The van der Waals surface area contributed by atoms with Gasteiger partial charge in [0, 0.05) is 19.7 Å². The van der Waals surface area contributed by atoms with Gasteiger partial charge in [0.1, 0.15) is 0 Å². The van der Waals surface area contributed by atoms with Crippen LogP contribution in [0.5, 0.6) is 0 Å². The average molecular weight is 243 g/mol. The Labute approximate surface area is 101 Å². The van der Waals surface area contributed by atoms with Crippen molar-refractivity contribution in [3.63, 3.8) is 0 Å². The summed E-state index contributed by atoms with van der Waals surface area (Å²) >= 11 is 1.61. The van der Waals surface area contributed by atoms with Gasteiger partial charge < -0.3 is 15.2 Å². The molecule has 0 aliphatic heterocycles. The van der Waals surface area contributed by atoms with E-state index in [4.69, 9.17) is 4.74 Å². The second-order valence-electron chi connectivity index (χ2n) is 4.29. The Balaban J connectivity index is 2.37. The van der Waals surface area contributed by atoms with Gasteiger partial charge in [-0.15, -0.1) is 0 Å². The monoisotopic (exact) mass is 243 g/mol. The predicted molar refractivity (Wildman–Crippen MR) is 67.8 cm³/mol. The molecule has 16 heavy (non-hydrogen) atoms. The van der Waals surface area contributed by atoms with Crippen LogP contribution in [-0.2, 0) is 4.74 Å². The fraction of sp³-hybridized carbons (Fsp3) is 0.667. The van der Waals surface area contributed by atoms with Crippen LogP contribution in [0.15, 0.2) is 16.8 Å². The van der Waals surface area contributed by atoms with Gasteiger partial charge in [0.2, 0.25) is 0 Å². The van der Waals surface area contributed by atoms with Gasteiger partial charge in [-0.25, -0.2) is 0 Å². The lowest BCUT2D eigenvalue weighted by Crippen LogP contribution is -2.39. The third kappa shape index (κ3) is 4.22. The van der Waals surface area contributed by atoms with Crippen LogP contribution in [0.3, 0.4) is 0 Å². The number of ether oxygens (including phenoxy) is 1. The third-order valence-electron chi connectivity index (χ3n) is 2.65. The van der Waals surface area contributed by atoms with Crippen LogP contribution in [0.1, 0.15) is 25.5 Å². The molecule has 0 aromatic carbocycles. The van der Waals surface area contributed by atoms with Crippen molar-refractivity contribution < 1.29 is 9.84 Å². The molecular weight excluding hydrogens is 222 g/mol. The summed E-state index contributed by atoms with van der Waals surface area (Å²) in [5.74, 6) is 0.495. The quantitative estimate of drug-likeness (QED) is 0.770. The molecule has 0 saturated carbocycles. The number of thiophene rings is 1. The lowest BCUT2D eigenvalue weighted by Gasteiger charge is -2.23. The molecule has 1 aromatic rings. The van der Waals surface area contributed by atoms with Crippen molar-refractivity contribution in [1.29, 1.82) is 0 Å². The normalized spacial score (nSPS) is 15.3. The molecule has 1 rings (SSSR count). The topological polar surface area (TPSA) is 41.5 Å². The molecule has 92 valence electrons. The fourth-order valence-corrected chi connectivity index (χ4v) is 2.22. The fourth-order valence-electron chi connectivity index (χ4n) is 1.51. The maximum absolute atomic E-state index is 9.91. The first-order valence-electron chi connectivity index (χ1n) is 5.57. The van der Waals surface area contributed by atoms with E-state index in [0.717, 1.165) is 5.56 Å². The molecule has 1 heterocycles. The first-order valence-corrected chi connectivity index (χ1v) is 6.52. The zero-order valence-corrected chi connectivity index (χ0v) is 11.0. The van der Waals surface area contributed by atoms with Gasteiger partial charge in [0.05, 0.1) is 12.7 Å². The zero-order chi connectivity index (χ0) is 12.0. The number of rotatable bonds is 7. The molecule has 0 aliphatic carbocycles. The van der Waals surface area contributed by atoms with E-state index in [1.54, 1.807) is 18.4 Å². The van der Waals surface area contributed by atoms with E-state index in [0.29, 0.717) is 25.1 Å². The van der Waals surface area contributed by atoms with E-state index in [9.17, 15) is 5.11 Å². The van der Waals surface area contributed by atoms with Crippen molar-refractivity contribution in [2.75, 3.05) is 20.3 Å². The van der Waals surface area contributed by atoms with Crippen LogP contribution in [-0.4, -0.2) is 31.4 Å². The van der Waals surface area contributed by atoms with Crippen molar-refractivity contribution in [2.45, 2.75) is 26.0 Å². The van der Waals surface area contributed by atoms with Gasteiger partial charge in [0.25, 0.3) is 0 Å². The highest BCUT2D eigenvalue weighted by atomic mass is 32.1. The summed E-state index contributed by atoms with van der Waals surface area (Å²) in [5, 5.41) is 17.2. The third-order valence-corrected chi connectivity index (χ3v) is 3.35. The molecule has 0 aliphatic rings. The number of nitrogens with one attached hydrogen (secondary N) is 1. The van der Waals surface area contributed by atoms with Gasteiger partial charge in [-0.3, -0.25) is 0 Å². The first-order chi connectivity index (χ1) is 7.65. The van der Waals surface area contributed by atoms with E-state index < -0.39 is 6.10 Å². The highest BCUT2D eigenvalue weighted by Crippen LogP contribution is 2.15. The van der Waals surface area contributed by atoms with E-state index in [1.807, 2.05) is 16.8 Å². The Kier molecular flexibility index (Phi) is 5.98. The summed E-state index contributed by atoms with van der Waals surface area (Å²) in [4.78, 5) is 0. The molecule has 0 saturated heterocycles. The molecule has 1 aromatic heterocycles. The summed E-state index contributed by atoms with van der Waals surface area (Å²) in [6.07, 6.45) is -0.427. The van der Waals surface area contributed by atoms with E-state index in [1.165, 1.54) is 0 Å². The van der Waals surface area contributed by atoms with Crippen LogP contribution in [0.25, 0.3) is 0 Å². The molecule has 3 nitrogen and oxygen atoms in total.